The zero-order valence-corrected chi connectivity index (χ0v) is 13.8. The van der Waals surface area contributed by atoms with E-state index in [9.17, 15) is 4.79 Å². The quantitative estimate of drug-likeness (QED) is 0.869. The predicted molar refractivity (Wildman–Crippen MR) is 93.4 cm³/mol. The molecule has 0 radical (unpaired) electrons. The Morgan fingerprint density at radius 2 is 1.83 bits per heavy atom. The first-order chi connectivity index (χ1) is 11.8. The van der Waals surface area contributed by atoms with Gasteiger partial charge in [-0.15, -0.1) is 0 Å². The van der Waals surface area contributed by atoms with Crippen molar-refractivity contribution in [3.8, 4) is 0 Å². The molecule has 24 heavy (non-hydrogen) atoms. The third kappa shape index (κ3) is 3.06. The summed E-state index contributed by atoms with van der Waals surface area (Å²) in [5.74, 6) is 0.787. The van der Waals surface area contributed by atoms with Crippen molar-refractivity contribution < 1.29 is 4.79 Å². The Bertz CT molecular complexity index is 683. The van der Waals surface area contributed by atoms with Gasteiger partial charge in [0.2, 0.25) is 5.91 Å². The number of benzene rings is 1. The molecule has 4 heteroatoms. The number of hydrogen-bond donors (Lipinski definition) is 0. The van der Waals surface area contributed by atoms with Gasteiger partial charge in [-0.1, -0.05) is 30.3 Å². The van der Waals surface area contributed by atoms with Crippen LogP contribution in [0.15, 0.2) is 54.9 Å². The van der Waals surface area contributed by atoms with Crippen molar-refractivity contribution in [2.24, 2.45) is 0 Å². The molecule has 1 atom stereocenters. The molecule has 2 aliphatic rings. The molecule has 0 unspecified atom stereocenters. The van der Waals surface area contributed by atoms with Gasteiger partial charge < -0.3 is 4.90 Å². The second-order valence-electron chi connectivity index (χ2n) is 6.83. The van der Waals surface area contributed by atoms with E-state index in [2.05, 4.69) is 46.3 Å². The van der Waals surface area contributed by atoms with E-state index in [0.717, 1.165) is 39.0 Å². The van der Waals surface area contributed by atoms with Crippen LogP contribution in [0.1, 0.15) is 29.9 Å². The Morgan fingerprint density at radius 3 is 2.58 bits per heavy atom. The van der Waals surface area contributed by atoms with Crippen molar-refractivity contribution in [1.29, 1.82) is 0 Å². The molecule has 4 rings (SSSR count). The summed E-state index contributed by atoms with van der Waals surface area (Å²) in [6.45, 7) is 3.59. The minimum atomic E-state index is 0.0589. The molecule has 0 N–H and O–H groups in total. The van der Waals surface area contributed by atoms with E-state index < -0.39 is 0 Å². The lowest BCUT2D eigenvalue weighted by Gasteiger charge is -2.42. The average Bonchev–Trinajstić information content (AvgIpc) is 3.03. The summed E-state index contributed by atoms with van der Waals surface area (Å²) in [5.41, 5.74) is 2.58. The van der Waals surface area contributed by atoms with Crippen molar-refractivity contribution in [2.75, 3.05) is 19.6 Å². The first kappa shape index (κ1) is 15.3. The van der Waals surface area contributed by atoms with Crippen LogP contribution in [-0.4, -0.2) is 46.4 Å². The lowest BCUT2D eigenvalue weighted by atomic mass is 9.91. The van der Waals surface area contributed by atoms with Crippen LogP contribution in [0.5, 0.6) is 0 Å². The average molecular weight is 321 g/mol. The van der Waals surface area contributed by atoms with Crippen LogP contribution in [0.4, 0.5) is 0 Å². The summed E-state index contributed by atoms with van der Waals surface area (Å²) in [7, 11) is 0. The van der Waals surface area contributed by atoms with Gasteiger partial charge in [0.05, 0.1) is 6.04 Å². The number of aromatic nitrogens is 1. The molecule has 1 amide bonds. The summed E-state index contributed by atoms with van der Waals surface area (Å²) in [5, 5.41) is 0. The molecule has 0 spiro atoms. The largest absolute Gasteiger partial charge is 0.340 e. The fourth-order valence-electron chi connectivity index (χ4n) is 3.83. The van der Waals surface area contributed by atoms with Gasteiger partial charge in [-0.2, -0.15) is 0 Å². The van der Waals surface area contributed by atoms with E-state index in [0.29, 0.717) is 11.8 Å². The number of carbonyl (C=O) groups excluding carboxylic acids is 1. The van der Waals surface area contributed by atoms with Crippen LogP contribution in [0.3, 0.4) is 0 Å². The lowest BCUT2D eigenvalue weighted by Crippen LogP contribution is -2.54. The SMILES string of the molecule is O=C([C@H]1CCCN1Cc1ccccc1)N1CC(c2ccncc2)C1. The summed E-state index contributed by atoms with van der Waals surface area (Å²) in [6.07, 6.45) is 5.77. The van der Waals surface area contributed by atoms with Gasteiger partial charge >= 0.3 is 0 Å². The summed E-state index contributed by atoms with van der Waals surface area (Å²) in [4.78, 5) is 21.3. The zero-order valence-electron chi connectivity index (χ0n) is 13.8. The number of amides is 1. The first-order valence-corrected chi connectivity index (χ1v) is 8.78. The minimum Gasteiger partial charge on any atom is -0.340 e. The molecule has 2 saturated heterocycles. The molecule has 0 aliphatic carbocycles. The number of hydrogen-bond acceptors (Lipinski definition) is 3. The molecular formula is C20H23N3O. The third-order valence-corrected chi connectivity index (χ3v) is 5.25. The van der Waals surface area contributed by atoms with E-state index in [4.69, 9.17) is 0 Å². The monoisotopic (exact) mass is 321 g/mol. The zero-order chi connectivity index (χ0) is 16.4. The molecule has 2 aromatic rings. The second kappa shape index (κ2) is 6.73. The molecule has 0 bridgehead atoms. The van der Waals surface area contributed by atoms with E-state index >= 15 is 0 Å². The molecule has 124 valence electrons. The van der Waals surface area contributed by atoms with Crippen LogP contribution in [0.25, 0.3) is 0 Å². The van der Waals surface area contributed by atoms with Gasteiger partial charge in [0, 0.05) is 37.9 Å². The van der Waals surface area contributed by atoms with Crippen LogP contribution in [-0.2, 0) is 11.3 Å². The maximum atomic E-state index is 12.9. The van der Waals surface area contributed by atoms with E-state index in [-0.39, 0.29) is 6.04 Å². The highest BCUT2D eigenvalue weighted by molar-refractivity contribution is 5.83. The molecule has 1 aromatic heterocycles. The smallest absolute Gasteiger partial charge is 0.239 e. The molecule has 4 nitrogen and oxygen atoms in total. The van der Waals surface area contributed by atoms with Crippen LogP contribution >= 0.6 is 0 Å². The van der Waals surface area contributed by atoms with Crippen molar-refractivity contribution in [3.05, 3.63) is 66.0 Å². The van der Waals surface area contributed by atoms with Gasteiger partial charge in [-0.25, -0.2) is 0 Å². The van der Waals surface area contributed by atoms with E-state index in [1.165, 1.54) is 11.1 Å². The molecule has 3 heterocycles. The van der Waals surface area contributed by atoms with Gasteiger partial charge in [-0.3, -0.25) is 14.7 Å². The van der Waals surface area contributed by atoms with Crippen LogP contribution in [0, 0.1) is 0 Å². The second-order valence-corrected chi connectivity index (χ2v) is 6.83. The standard InChI is InChI=1S/C20H23N3O/c24-20(23-14-18(15-23)17-8-10-21-11-9-17)19-7-4-12-22(19)13-16-5-2-1-3-6-16/h1-3,5-6,8-11,18-19H,4,7,12-15H2/t19-/m1/s1. The molecule has 0 saturated carbocycles. The predicted octanol–water partition coefficient (Wildman–Crippen LogP) is 2.67. The van der Waals surface area contributed by atoms with E-state index in [1.54, 1.807) is 0 Å². The Kier molecular flexibility index (Phi) is 4.30. The van der Waals surface area contributed by atoms with Crippen molar-refractivity contribution >= 4 is 5.91 Å². The third-order valence-electron chi connectivity index (χ3n) is 5.25. The van der Waals surface area contributed by atoms with Crippen molar-refractivity contribution in [2.45, 2.75) is 31.3 Å². The van der Waals surface area contributed by atoms with Crippen LogP contribution < -0.4 is 0 Å². The van der Waals surface area contributed by atoms with Gasteiger partial charge in [0.1, 0.15) is 0 Å². The molecule has 2 aliphatic heterocycles. The van der Waals surface area contributed by atoms with Crippen molar-refractivity contribution in [3.63, 3.8) is 0 Å². The number of nitrogens with zero attached hydrogens (tertiary/aromatic N) is 3. The Balaban J connectivity index is 1.36. The highest BCUT2D eigenvalue weighted by atomic mass is 16.2. The molecule has 1 aromatic carbocycles. The Labute approximate surface area is 143 Å². The highest BCUT2D eigenvalue weighted by Crippen LogP contribution is 2.30. The lowest BCUT2D eigenvalue weighted by molar-refractivity contribution is -0.140. The molecule has 2 fully saturated rings. The maximum absolute atomic E-state index is 12.9. The first-order valence-electron chi connectivity index (χ1n) is 8.78. The number of carbonyl (C=O) groups is 1. The van der Waals surface area contributed by atoms with Gasteiger partial charge in [0.25, 0.3) is 0 Å². The van der Waals surface area contributed by atoms with Gasteiger partial charge in [0.15, 0.2) is 0 Å². The van der Waals surface area contributed by atoms with Crippen LogP contribution in [0.2, 0.25) is 0 Å². The molecular weight excluding hydrogens is 298 g/mol. The Morgan fingerprint density at radius 1 is 1.08 bits per heavy atom. The summed E-state index contributed by atoms with van der Waals surface area (Å²) >= 11 is 0. The number of pyridine rings is 1. The van der Waals surface area contributed by atoms with Gasteiger partial charge in [-0.05, 0) is 42.6 Å². The summed E-state index contributed by atoms with van der Waals surface area (Å²) < 4.78 is 0. The van der Waals surface area contributed by atoms with E-state index in [1.807, 2.05) is 23.4 Å². The topological polar surface area (TPSA) is 36.4 Å². The maximum Gasteiger partial charge on any atom is 0.239 e. The van der Waals surface area contributed by atoms with Crippen molar-refractivity contribution in [1.82, 2.24) is 14.8 Å². The minimum absolute atomic E-state index is 0.0589. The fraction of sp³-hybridized carbons (Fsp3) is 0.400. The number of rotatable bonds is 4. The highest BCUT2D eigenvalue weighted by Gasteiger charge is 2.39. The summed E-state index contributed by atoms with van der Waals surface area (Å²) in [6, 6.07) is 14.6. The normalized spacial score (nSPS) is 21.7. The fourth-order valence-corrected chi connectivity index (χ4v) is 3.83. The Hall–Kier alpha value is -2.20. The number of likely N-dealkylation sites (tertiary alicyclic amines) is 2.